The van der Waals surface area contributed by atoms with Crippen LogP contribution >= 0.6 is 0 Å². The number of amides is 1. The van der Waals surface area contributed by atoms with Crippen LogP contribution in [0.15, 0.2) is 65.3 Å². The Bertz CT molecular complexity index is 1170. The number of ether oxygens (including phenoxy) is 2. The Morgan fingerprint density at radius 2 is 1.97 bits per heavy atom. The minimum atomic E-state index is -0.819. The first-order chi connectivity index (χ1) is 15.6. The Hall–Kier alpha value is -4.01. The lowest BCUT2D eigenvalue weighted by atomic mass is 9.99. The molecule has 0 saturated carbocycles. The lowest BCUT2D eigenvalue weighted by Gasteiger charge is -2.23. The van der Waals surface area contributed by atoms with Gasteiger partial charge in [-0.1, -0.05) is 0 Å². The van der Waals surface area contributed by atoms with Gasteiger partial charge in [0.15, 0.2) is 11.5 Å². The fourth-order valence-corrected chi connectivity index (χ4v) is 4.04. The van der Waals surface area contributed by atoms with Crippen molar-refractivity contribution in [3.05, 3.63) is 72.2 Å². The topological polar surface area (TPSA) is 107 Å². The lowest BCUT2D eigenvalue weighted by Crippen LogP contribution is -2.31. The summed E-state index contributed by atoms with van der Waals surface area (Å²) in [6.07, 6.45) is 7.29. The van der Waals surface area contributed by atoms with Crippen molar-refractivity contribution in [2.24, 2.45) is 0 Å². The highest BCUT2D eigenvalue weighted by molar-refractivity contribution is 6.46. The number of carbonyl (C=O) groups is 2. The molecule has 164 valence electrons. The van der Waals surface area contributed by atoms with Gasteiger partial charge in [0.2, 0.25) is 0 Å². The molecule has 9 heteroatoms. The molecule has 1 N–H and O–H groups in total. The third-order valence-corrected chi connectivity index (χ3v) is 5.54. The van der Waals surface area contributed by atoms with Crippen LogP contribution in [0.1, 0.15) is 23.8 Å². The summed E-state index contributed by atoms with van der Waals surface area (Å²) in [6.45, 7) is 1.79. The number of ketones is 1. The number of carbonyl (C=O) groups excluding carboxylic acids is 2. The van der Waals surface area contributed by atoms with Gasteiger partial charge in [-0.15, -0.1) is 0 Å². The fraction of sp³-hybridized carbons (Fsp3) is 0.261. The Labute approximate surface area is 183 Å². The van der Waals surface area contributed by atoms with E-state index in [2.05, 4.69) is 4.98 Å². The van der Waals surface area contributed by atoms with Crippen molar-refractivity contribution >= 4 is 17.4 Å². The Morgan fingerprint density at radius 3 is 2.72 bits per heavy atom. The number of hydrogen-bond acceptors (Lipinski definition) is 7. The van der Waals surface area contributed by atoms with E-state index in [1.165, 1.54) is 11.2 Å². The molecule has 5 rings (SSSR count). The highest BCUT2D eigenvalue weighted by atomic mass is 16.6. The predicted molar refractivity (Wildman–Crippen MR) is 112 cm³/mol. The molecule has 1 amide bonds. The van der Waals surface area contributed by atoms with E-state index >= 15 is 0 Å². The summed E-state index contributed by atoms with van der Waals surface area (Å²) < 4.78 is 18.6. The molecule has 0 spiro atoms. The summed E-state index contributed by atoms with van der Waals surface area (Å²) >= 11 is 0. The normalized spacial score (nSPS) is 19.5. The van der Waals surface area contributed by atoms with Crippen molar-refractivity contribution < 1.29 is 28.6 Å². The van der Waals surface area contributed by atoms with Crippen LogP contribution in [0, 0.1) is 0 Å². The molecule has 2 aromatic heterocycles. The molecule has 3 aromatic rings. The zero-order valence-corrected chi connectivity index (χ0v) is 17.1. The third-order valence-electron chi connectivity index (χ3n) is 5.54. The van der Waals surface area contributed by atoms with Crippen LogP contribution in [-0.4, -0.2) is 51.0 Å². The van der Waals surface area contributed by atoms with Gasteiger partial charge in [0.05, 0.1) is 18.2 Å². The Balaban J connectivity index is 1.49. The maximum Gasteiger partial charge on any atom is 0.295 e. The standard InChI is InChI=1S/C23H21N3O6/c27-21(15-4-5-16-18(13-15)32-12-11-31-16)19-20(17-3-1-10-30-17)26(23(29)22(19)28)8-2-7-25-9-6-24-14-25/h1,3-6,9-10,13-14,20,27H,2,7-8,11-12H2/b21-19+/t20-/m1/s1. The number of furan rings is 1. The number of nitrogens with zero attached hydrogens (tertiary/aromatic N) is 3. The monoisotopic (exact) mass is 435 g/mol. The number of hydrogen-bond donors (Lipinski definition) is 1. The molecular formula is C23H21N3O6. The number of likely N-dealkylation sites (tertiary alicyclic amines) is 1. The minimum absolute atomic E-state index is 0.00995. The molecule has 2 aliphatic rings. The fourth-order valence-electron chi connectivity index (χ4n) is 4.04. The SMILES string of the molecule is O=C1C(=O)N(CCCn2ccnc2)[C@H](c2ccco2)/C1=C(\O)c1ccc2c(c1)OCCO2. The van der Waals surface area contributed by atoms with Gasteiger partial charge in [-0.3, -0.25) is 9.59 Å². The van der Waals surface area contributed by atoms with Gasteiger partial charge in [0, 0.05) is 31.0 Å². The number of aliphatic hydroxyl groups excluding tert-OH is 1. The van der Waals surface area contributed by atoms with Crippen LogP contribution in [0.3, 0.4) is 0 Å². The summed E-state index contributed by atoms with van der Waals surface area (Å²) in [5, 5.41) is 11.1. The second-order valence-corrected chi connectivity index (χ2v) is 7.52. The number of aryl methyl sites for hydroxylation is 1. The van der Waals surface area contributed by atoms with Gasteiger partial charge < -0.3 is 28.5 Å². The van der Waals surface area contributed by atoms with Crippen molar-refractivity contribution in [3.8, 4) is 11.5 Å². The number of imidazole rings is 1. The van der Waals surface area contributed by atoms with E-state index in [1.54, 1.807) is 42.9 Å². The second-order valence-electron chi connectivity index (χ2n) is 7.52. The summed E-state index contributed by atoms with van der Waals surface area (Å²) in [5.74, 6) is -0.248. The van der Waals surface area contributed by atoms with E-state index in [0.717, 1.165) is 0 Å². The molecule has 0 unspecified atom stereocenters. The predicted octanol–water partition coefficient (Wildman–Crippen LogP) is 2.76. The Kier molecular flexibility index (Phi) is 5.14. The number of aliphatic hydroxyl groups is 1. The second kappa shape index (κ2) is 8.26. The summed E-state index contributed by atoms with van der Waals surface area (Å²) in [5.41, 5.74) is 0.353. The van der Waals surface area contributed by atoms with Crippen LogP contribution in [0.2, 0.25) is 0 Å². The van der Waals surface area contributed by atoms with Gasteiger partial charge in [0.1, 0.15) is 30.8 Å². The molecule has 1 saturated heterocycles. The van der Waals surface area contributed by atoms with Crippen LogP contribution < -0.4 is 9.47 Å². The zero-order chi connectivity index (χ0) is 22.1. The molecule has 4 heterocycles. The number of Topliss-reactive ketones (excluding diaryl/α,β-unsaturated/α-hetero) is 1. The third kappa shape index (κ3) is 3.51. The maximum atomic E-state index is 13.0. The van der Waals surface area contributed by atoms with Gasteiger partial charge in [-0.25, -0.2) is 4.98 Å². The highest BCUT2D eigenvalue weighted by Crippen LogP contribution is 2.41. The van der Waals surface area contributed by atoms with E-state index in [4.69, 9.17) is 13.9 Å². The molecule has 0 radical (unpaired) electrons. The molecule has 0 aliphatic carbocycles. The maximum absolute atomic E-state index is 13.0. The quantitative estimate of drug-likeness (QED) is 0.360. The molecule has 1 aromatic carbocycles. The Morgan fingerprint density at radius 1 is 1.12 bits per heavy atom. The number of fused-ring (bicyclic) bond motifs is 1. The van der Waals surface area contributed by atoms with Crippen molar-refractivity contribution in [2.45, 2.75) is 19.0 Å². The van der Waals surface area contributed by atoms with Crippen LogP contribution in [0.25, 0.3) is 5.76 Å². The summed E-state index contributed by atoms with van der Waals surface area (Å²) in [4.78, 5) is 31.4. The van der Waals surface area contributed by atoms with Gasteiger partial charge >= 0.3 is 0 Å². The van der Waals surface area contributed by atoms with E-state index in [0.29, 0.717) is 55.5 Å². The zero-order valence-electron chi connectivity index (χ0n) is 17.1. The van der Waals surface area contributed by atoms with Crippen molar-refractivity contribution in [1.29, 1.82) is 0 Å². The van der Waals surface area contributed by atoms with Crippen molar-refractivity contribution in [2.75, 3.05) is 19.8 Å². The number of aromatic nitrogens is 2. The van der Waals surface area contributed by atoms with Gasteiger partial charge in [0.25, 0.3) is 11.7 Å². The smallest absolute Gasteiger partial charge is 0.295 e. The first-order valence-electron chi connectivity index (χ1n) is 10.3. The molecule has 0 bridgehead atoms. The first kappa shape index (κ1) is 19.9. The molecule has 32 heavy (non-hydrogen) atoms. The van der Waals surface area contributed by atoms with Crippen molar-refractivity contribution in [1.82, 2.24) is 14.5 Å². The van der Waals surface area contributed by atoms with E-state index < -0.39 is 17.7 Å². The van der Waals surface area contributed by atoms with Gasteiger partial charge in [-0.2, -0.15) is 0 Å². The van der Waals surface area contributed by atoms with E-state index in [-0.39, 0.29) is 11.3 Å². The average Bonchev–Trinajstić information content (AvgIpc) is 3.57. The lowest BCUT2D eigenvalue weighted by molar-refractivity contribution is -0.140. The van der Waals surface area contributed by atoms with Crippen LogP contribution in [0.4, 0.5) is 0 Å². The van der Waals surface area contributed by atoms with Crippen LogP contribution in [-0.2, 0) is 16.1 Å². The summed E-state index contributed by atoms with van der Waals surface area (Å²) in [7, 11) is 0. The van der Waals surface area contributed by atoms with E-state index in [1.807, 2.05) is 10.8 Å². The molecule has 2 aliphatic heterocycles. The number of benzene rings is 1. The largest absolute Gasteiger partial charge is 0.507 e. The van der Waals surface area contributed by atoms with E-state index in [9.17, 15) is 14.7 Å². The molecular weight excluding hydrogens is 414 g/mol. The molecule has 9 nitrogen and oxygen atoms in total. The number of rotatable bonds is 6. The van der Waals surface area contributed by atoms with Crippen LogP contribution in [0.5, 0.6) is 11.5 Å². The summed E-state index contributed by atoms with van der Waals surface area (Å²) in [6, 6.07) is 7.47. The van der Waals surface area contributed by atoms with Gasteiger partial charge in [-0.05, 0) is 36.8 Å². The molecule has 1 fully saturated rings. The average molecular weight is 435 g/mol. The first-order valence-corrected chi connectivity index (χ1v) is 10.3. The highest BCUT2D eigenvalue weighted by Gasteiger charge is 2.47. The minimum Gasteiger partial charge on any atom is -0.507 e. The van der Waals surface area contributed by atoms with Crippen molar-refractivity contribution in [3.63, 3.8) is 0 Å². The molecule has 1 atom stereocenters.